The molecule has 0 aliphatic heterocycles. The normalized spacial score (nSPS) is 10.3. The molecule has 0 atom stereocenters. The Kier molecular flexibility index (Phi) is 4.86. The number of hydrogen-bond acceptors (Lipinski definition) is 3. The predicted molar refractivity (Wildman–Crippen MR) is 83.6 cm³/mol. The highest BCUT2D eigenvalue weighted by atomic mass is 35.5. The Morgan fingerprint density at radius 1 is 1.14 bits per heavy atom. The summed E-state index contributed by atoms with van der Waals surface area (Å²) < 4.78 is 11.2. The molecule has 0 radical (unpaired) electrons. The SMILES string of the molecule is COc1ccc(Cl)cc1COc1c(C)cc(C=O)cc1C. The number of aryl methyl sites for hydroxylation is 2. The molecule has 21 heavy (non-hydrogen) atoms. The fourth-order valence-corrected chi connectivity index (χ4v) is 2.48. The zero-order valence-electron chi connectivity index (χ0n) is 12.3. The molecule has 2 aromatic carbocycles. The summed E-state index contributed by atoms with van der Waals surface area (Å²) in [6, 6.07) is 9.04. The topological polar surface area (TPSA) is 35.5 Å². The van der Waals surface area contributed by atoms with Crippen molar-refractivity contribution in [2.24, 2.45) is 0 Å². The molecular weight excluding hydrogens is 288 g/mol. The lowest BCUT2D eigenvalue weighted by molar-refractivity contribution is 0.112. The molecule has 0 saturated carbocycles. The quantitative estimate of drug-likeness (QED) is 0.770. The summed E-state index contributed by atoms with van der Waals surface area (Å²) in [6.45, 7) is 4.20. The second-order valence-corrected chi connectivity index (χ2v) is 5.28. The van der Waals surface area contributed by atoms with Crippen LogP contribution in [0.25, 0.3) is 0 Å². The second kappa shape index (κ2) is 6.64. The van der Waals surface area contributed by atoms with Crippen molar-refractivity contribution in [3.8, 4) is 11.5 Å². The molecule has 0 N–H and O–H groups in total. The number of methoxy groups -OCH3 is 1. The number of carbonyl (C=O) groups excluding carboxylic acids is 1. The van der Waals surface area contributed by atoms with Crippen molar-refractivity contribution in [2.75, 3.05) is 7.11 Å². The van der Waals surface area contributed by atoms with Crippen LogP contribution in [-0.4, -0.2) is 13.4 Å². The molecule has 2 aromatic rings. The van der Waals surface area contributed by atoms with E-state index in [-0.39, 0.29) is 0 Å². The highest BCUT2D eigenvalue weighted by Crippen LogP contribution is 2.28. The van der Waals surface area contributed by atoms with E-state index in [4.69, 9.17) is 21.1 Å². The van der Waals surface area contributed by atoms with Crippen LogP contribution in [0.2, 0.25) is 5.02 Å². The van der Waals surface area contributed by atoms with Crippen LogP contribution in [-0.2, 0) is 6.61 Å². The maximum Gasteiger partial charge on any atom is 0.150 e. The van der Waals surface area contributed by atoms with Crippen LogP contribution in [0.15, 0.2) is 30.3 Å². The Hall–Kier alpha value is -2.00. The van der Waals surface area contributed by atoms with Gasteiger partial charge in [0.05, 0.1) is 7.11 Å². The molecule has 0 spiro atoms. The van der Waals surface area contributed by atoms with Crippen molar-refractivity contribution >= 4 is 17.9 Å². The number of carbonyl (C=O) groups is 1. The Balaban J connectivity index is 2.24. The molecule has 0 heterocycles. The summed E-state index contributed by atoms with van der Waals surface area (Å²) in [5.41, 5.74) is 3.39. The first-order valence-corrected chi connectivity index (χ1v) is 6.94. The van der Waals surface area contributed by atoms with Gasteiger partial charge in [-0.25, -0.2) is 0 Å². The molecule has 0 fully saturated rings. The van der Waals surface area contributed by atoms with Crippen LogP contribution in [0, 0.1) is 13.8 Å². The second-order valence-electron chi connectivity index (χ2n) is 4.85. The fraction of sp³-hybridized carbons (Fsp3) is 0.235. The Morgan fingerprint density at radius 3 is 2.38 bits per heavy atom. The Labute approximate surface area is 129 Å². The molecule has 0 unspecified atom stereocenters. The highest BCUT2D eigenvalue weighted by Gasteiger charge is 2.09. The van der Waals surface area contributed by atoms with Crippen molar-refractivity contribution in [1.82, 2.24) is 0 Å². The average molecular weight is 305 g/mol. The molecule has 0 aromatic heterocycles. The highest BCUT2D eigenvalue weighted by molar-refractivity contribution is 6.30. The van der Waals surface area contributed by atoms with E-state index in [9.17, 15) is 4.79 Å². The van der Waals surface area contributed by atoms with Crippen LogP contribution in [0.3, 0.4) is 0 Å². The van der Waals surface area contributed by atoms with Gasteiger partial charge in [-0.2, -0.15) is 0 Å². The maximum absolute atomic E-state index is 10.9. The van der Waals surface area contributed by atoms with Crippen LogP contribution in [0.5, 0.6) is 11.5 Å². The molecule has 0 saturated heterocycles. The predicted octanol–water partition coefficient (Wildman–Crippen LogP) is 4.36. The van der Waals surface area contributed by atoms with Gasteiger partial charge in [0.25, 0.3) is 0 Å². The lowest BCUT2D eigenvalue weighted by atomic mass is 10.1. The number of rotatable bonds is 5. The van der Waals surface area contributed by atoms with Gasteiger partial charge < -0.3 is 9.47 Å². The van der Waals surface area contributed by atoms with Gasteiger partial charge in [-0.15, -0.1) is 0 Å². The van der Waals surface area contributed by atoms with Crippen molar-refractivity contribution in [3.63, 3.8) is 0 Å². The van der Waals surface area contributed by atoms with E-state index in [0.29, 0.717) is 17.2 Å². The van der Waals surface area contributed by atoms with Gasteiger partial charge in [-0.05, 0) is 55.3 Å². The first-order chi connectivity index (χ1) is 10.0. The maximum atomic E-state index is 10.9. The molecule has 3 nitrogen and oxygen atoms in total. The summed E-state index contributed by atoms with van der Waals surface area (Å²) in [5.74, 6) is 1.52. The summed E-state index contributed by atoms with van der Waals surface area (Å²) in [7, 11) is 1.61. The van der Waals surface area contributed by atoms with E-state index >= 15 is 0 Å². The number of hydrogen-bond donors (Lipinski definition) is 0. The van der Waals surface area contributed by atoms with Crippen LogP contribution >= 0.6 is 11.6 Å². The van der Waals surface area contributed by atoms with Crippen molar-refractivity contribution in [2.45, 2.75) is 20.5 Å². The van der Waals surface area contributed by atoms with Gasteiger partial charge in [0.15, 0.2) is 0 Å². The van der Waals surface area contributed by atoms with E-state index < -0.39 is 0 Å². The summed E-state index contributed by atoms with van der Waals surface area (Å²) in [6.07, 6.45) is 0.837. The fourth-order valence-electron chi connectivity index (χ4n) is 2.29. The molecule has 2 rings (SSSR count). The monoisotopic (exact) mass is 304 g/mol. The minimum atomic E-state index is 0.353. The van der Waals surface area contributed by atoms with Gasteiger partial charge in [-0.1, -0.05) is 11.6 Å². The smallest absolute Gasteiger partial charge is 0.150 e. The van der Waals surface area contributed by atoms with Crippen molar-refractivity contribution in [1.29, 1.82) is 0 Å². The Bertz CT molecular complexity index is 642. The van der Waals surface area contributed by atoms with Crippen molar-refractivity contribution < 1.29 is 14.3 Å². The Morgan fingerprint density at radius 2 is 1.81 bits per heavy atom. The molecular formula is C17H17ClO3. The third-order valence-corrected chi connectivity index (χ3v) is 3.47. The molecule has 4 heteroatoms. The average Bonchev–Trinajstić information content (AvgIpc) is 2.46. The third kappa shape index (κ3) is 3.56. The van der Waals surface area contributed by atoms with Crippen LogP contribution < -0.4 is 9.47 Å². The van der Waals surface area contributed by atoms with Crippen LogP contribution in [0.1, 0.15) is 27.0 Å². The molecule has 110 valence electrons. The molecule has 0 amide bonds. The van der Waals surface area contributed by atoms with Gasteiger partial charge in [-0.3, -0.25) is 4.79 Å². The molecule has 0 aliphatic carbocycles. The van der Waals surface area contributed by atoms with Crippen LogP contribution in [0.4, 0.5) is 0 Å². The van der Waals surface area contributed by atoms with Gasteiger partial charge in [0, 0.05) is 16.1 Å². The lowest BCUT2D eigenvalue weighted by Gasteiger charge is -2.14. The zero-order chi connectivity index (χ0) is 15.4. The summed E-state index contributed by atoms with van der Waals surface area (Å²) in [5, 5.41) is 0.638. The van der Waals surface area contributed by atoms with E-state index in [1.807, 2.05) is 38.1 Å². The third-order valence-electron chi connectivity index (χ3n) is 3.23. The van der Waals surface area contributed by atoms with E-state index in [2.05, 4.69) is 0 Å². The molecule has 0 aliphatic rings. The van der Waals surface area contributed by atoms with E-state index in [0.717, 1.165) is 34.5 Å². The number of benzene rings is 2. The minimum absolute atomic E-state index is 0.353. The van der Waals surface area contributed by atoms with Gasteiger partial charge in [0.1, 0.15) is 24.4 Å². The van der Waals surface area contributed by atoms with Gasteiger partial charge >= 0.3 is 0 Å². The standard InChI is InChI=1S/C17H17ClO3/c1-11-6-13(9-19)7-12(2)17(11)21-10-14-8-15(18)4-5-16(14)20-3/h4-9H,10H2,1-3H3. The zero-order valence-corrected chi connectivity index (χ0v) is 13.0. The van der Waals surface area contributed by atoms with Gasteiger partial charge in [0.2, 0.25) is 0 Å². The van der Waals surface area contributed by atoms with E-state index in [1.54, 1.807) is 13.2 Å². The first kappa shape index (κ1) is 15.4. The minimum Gasteiger partial charge on any atom is -0.496 e. The summed E-state index contributed by atoms with van der Waals surface area (Å²) in [4.78, 5) is 10.9. The number of aldehydes is 1. The molecule has 0 bridgehead atoms. The lowest BCUT2D eigenvalue weighted by Crippen LogP contribution is -2.02. The van der Waals surface area contributed by atoms with Crippen molar-refractivity contribution in [3.05, 3.63) is 57.6 Å². The largest absolute Gasteiger partial charge is 0.496 e. The number of halogens is 1. The number of ether oxygens (including phenoxy) is 2. The first-order valence-electron chi connectivity index (χ1n) is 6.56. The van der Waals surface area contributed by atoms with E-state index in [1.165, 1.54) is 0 Å². The summed E-state index contributed by atoms with van der Waals surface area (Å²) >= 11 is 6.01.